The standard InChI is InChI=1S/CH4O4S/c1-2-3-4-5-6/h6H,1H3. The Labute approximate surface area is 40.3 Å². The van der Waals surface area contributed by atoms with Crippen molar-refractivity contribution in [3.8, 4) is 0 Å². The summed E-state index contributed by atoms with van der Waals surface area (Å²) in [5, 5.41) is 7.31. The second-order valence-electron chi connectivity index (χ2n) is 0.377. The normalized spacial score (nSPS) is 9.00. The maximum absolute atomic E-state index is 3.89. The molecular formula is CH4O4S. The van der Waals surface area contributed by atoms with Crippen molar-refractivity contribution in [3.63, 3.8) is 0 Å². The van der Waals surface area contributed by atoms with Gasteiger partial charge in [-0.25, -0.2) is 4.89 Å². The van der Waals surface area contributed by atoms with E-state index in [2.05, 4.69) is 32.2 Å². The Kier molecular flexibility index (Phi) is 5.35. The number of rotatable bonds is 3. The fourth-order valence-electron chi connectivity index (χ4n) is 0.0402. The van der Waals surface area contributed by atoms with E-state index in [0.717, 1.165) is 0 Å². The molecule has 6 heavy (non-hydrogen) atoms. The smallest absolute Gasteiger partial charge is 0.0745 e. The molecule has 4 nitrogen and oxygen atoms in total. The van der Waals surface area contributed by atoms with Gasteiger partial charge in [-0.3, -0.25) is 0 Å². The molecule has 0 aromatic rings. The van der Waals surface area contributed by atoms with Crippen LogP contribution in [0.3, 0.4) is 0 Å². The van der Waals surface area contributed by atoms with Gasteiger partial charge in [0.05, 0.1) is 7.11 Å². The van der Waals surface area contributed by atoms with E-state index in [9.17, 15) is 0 Å². The summed E-state index contributed by atoms with van der Waals surface area (Å²) in [6.07, 6.45) is 0. The summed E-state index contributed by atoms with van der Waals surface area (Å²) in [4.78, 5) is 3.89. The lowest BCUT2D eigenvalue weighted by Gasteiger charge is -1.87. The van der Waals surface area contributed by atoms with Crippen molar-refractivity contribution >= 4 is 12.9 Å². The molecule has 0 aliphatic heterocycles. The highest BCUT2D eigenvalue weighted by Crippen LogP contribution is 1.81. The summed E-state index contributed by atoms with van der Waals surface area (Å²) >= 11 is 3.13. The molecule has 0 aromatic heterocycles. The highest BCUT2D eigenvalue weighted by Gasteiger charge is 1.74. The lowest BCUT2D eigenvalue weighted by atomic mass is 11.8. The number of hydrogen-bond acceptors (Lipinski definition) is 5. The molecule has 0 aromatic carbocycles. The van der Waals surface area contributed by atoms with E-state index in [0.29, 0.717) is 0 Å². The third kappa shape index (κ3) is 4.19. The van der Waals surface area contributed by atoms with Crippen LogP contribution in [-0.2, 0) is 19.3 Å². The van der Waals surface area contributed by atoms with Crippen molar-refractivity contribution in [2.45, 2.75) is 0 Å². The van der Waals surface area contributed by atoms with Crippen molar-refractivity contribution in [1.82, 2.24) is 0 Å². The summed E-state index contributed by atoms with van der Waals surface area (Å²) < 4.78 is 3.63. The molecule has 0 heterocycles. The minimum atomic E-state index is 1.27. The first-order valence-corrected chi connectivity index (χ1v) is 1.46. The zero-order valence-corrected chi connectivity index (χ0v) is 3.97. The SMILES string of the molecule is COOOOS. The molecule has 0 rings (SSSR count). The van der Waals surface area contributed by atoms with E-state index in [-0.39, 0.29) is 0 Å². The fraction of sp³-hybridized carbons (Fsp3) is 1.00. The van der Waals surface area contributed by atoms with Crippen LogP contribution in [0.25, 0.3) is 0 Å². The first-order chi connectivity index (χ1) is 2.91. The van der Waals surface area contributed by atoms with Crippen LogP contribution in [0.5, 0.6) is 0 Å². The lowest BCUT2D eigenvalue weighted by Crippen LogP contribution is -1.85. The van der Waals surface area contributed by atoms with Gasteiger partial charge in [-0.05, 0) is 10.1 Å². The third-order valence-electron chi connectivity index (χ3n) is 0.126. The first kappa shape index (κ1) is 6.19. The highest BCUT2D eigenvalue weighted by molar-refractivity contribution is 7.74. The van der Waals surface area contributed by atoms with Crippen molar-refractivity contribution in [3.05, 3.63) is 0 Å². The molecule has 0 radical (unpaired) electrons. The average molecular weight is 112 g/mol. The van der Waals surface area contributed by atoms with Crippen LogP contribution >= 0.6 is 12.9 Å². The van der Waals surface area contributed by atoms with Gasteiger partial charge in [0, 0.05) is 12.9 Å². The zero-order chi connectivity index (χ0) is 4.83. The van der Waals surface area contributed by atoms with E-state index in [1.54, 1.807) is 0 Å². The Morgan fingerprint density at radius 1 is 1.33 bits per heavy atom. The molecule has 0 amide bonds. The van der Waals surface area contributed by atoms with E-state index in [1.165, 1.54) is 7.11 Å². The van der Waals surface area contributed by atoms with Gasteiger partial charge in [0.1, 0.15) is 0 Å². The fourth-order valence-corrected chi connectivity index (χ4v) is 0.0650. The van der Waals surface area contributed by atoms with Crippen LogP contribution in [0.1, 0.15) is 0 Å². The molecule has 0 saturated carbocycles. The molecule has 0 spiro atoms. The Morgan fingerprint density at radius 2 is 2.00 bits per heavy atom. The van der Waals surface area contributed by atoms with Crippen LogP contribution in [0.15, 0.2) is 0 Å². The molecule has 0 bridgehead atoms. The summed E-state index contributed by atoms with van der Waals surface area (Å²) in [5.74, 6) is 0. The van der Waals surface area contributed by atoms with Gasteiger partial charge < -0.3 is 0 Å². The minimum absolute atomic E-state index is 1.27. The van der Waals surface area contributed by atoms with Crippen LogP contribution in [0, 0.1) is 0 Å². The third-order valence-corrected chi connectivity index (χ3v) is 0.187. The molecule has 38 valence electrons. The maximum Gasteiger partial charge on any atom is 0.0745 e. The van der Waals surface area contributed by atoms with Gasteiger partial charge in [-0.2, -0.15) is 0 Å². The lowest BCUT2D eigenvalue weighted by molar-refractivity contribution is -0.597. The van der Waals surface area contributed by atoms with Gasteiger partial charge in [0.2, 0.25) is 0 Å². The van der Waals surface area contributed by atoms with Crippen molar-refractivity contribution in [1.29, 1.82) is 0 Å². The van der Waals surface area contributed by atoms with Gasteiger partial charge in [-0.1, -0.05) is 0 Å². The number of thiol groups is 1. The van der Waals surface area contributed by atoms with Crippen LogP contribution in [0.2, 0.25) is 0 Å². The second-order valence-corrected chi connectivity index (χ2v) is 0.526. The predicted octanol–water partition coefficient (Wildman–Crippen LogP) is 0.272. The van der Waals surface area contributed by atoms with E-state index >= 15 is 0 Å². The van der Waals surface area contributed by atoms with Crippen molar-refractivity contribution in [2.75, 3.05) is 7.11 Å². The van der Waals surface area contributed by atoms with Gasteiger partial charge in [0.15, 0.2) is 0 Å². The van der Waals surface area contributed by atoms with Crippen LogP contribution in [-0.4, -0.2) is 7.11 Å². The van der Waals surface area contributed by atoms with E-state index < -0.39 is 0 Å². The van der Waals surface area contributed by atoms with Gasteiger partial charge in [0.25, 0.3) is 0 Å². The Morgan fingerprint density at radius 3 is 2.17 bits per heavy atom. The summed E-state index contributed by atoms with van der Waals surface area (Å²) in [6.45, 7) is 0. The Hall–Kier alpha value is 0.190. The highest BCUT2D eigenvalue weighted by atomic mass is 32.1. The maximum atomic E-state index is 3.89. The summed E-state index contributed by atoms with van der Waals surface area (Å²) in [7, 11) is 1.27. The molecule has 0 atom stereocenters. The molecule has 0 saturated heterocycles. The average Bonchev–Trinajstić information content (AvgIpc) is 1.61. The monoisotopic (exact) mass is 112 g/mol. The van der Waals surface area contributed by atoms with Crippen molar-refractivity contribution < 1.29 is 19.3 Å². The quantitative estimate of drug-likeness (QED) is 0.187. The Balaban J connectivity index is 2.34. The van der Waals surface area contributed by atoms with Crippen LogP contribution < -0.4 is 0 Å². The molecule has 0 N–H and O–H groups in total. The Bertz CT molecular complexity index is 19.5. The molecule has 0 aliphatic rings. The van der Waals surface area contributed by atoms with Crippen molar-refractivity contribution in [2.24, 2.45) is 0 Å². The summed E-state index contributed by atoms with van der Waals surface area (Å²) in [6, 6.07) is 0. The largest absolute Gasteiger partial charge is 0.207 e. The first-order valence-electron chi connectivity index (χ1n) is 1.09. The van der Waals surface area contributed by atoms with Crippen LogP contribution in [0.4, 0.5) is 0 Å². The second kappa shape index (κ2) is 5.19. The molecular weight excluding hydrogens is 108 g/mol. The minimum Gasteiger partial charge on any atom is -0.207 e. The summed E-state index contributed by atoms with van der Waals surface area (Å²) in [5.41, 5.74) is 0. The molecule has 5 heteroatoms. The van der Waals surface area contributed by atoms with Gasteiger partial charge >= 0.3 is 0 Å². The molecule has 0 aliphatic carbocycles. The zero-order valence-electron chi connectivity index (χ0n) is 3.08. The molecule has 0 unspecified atom stereocenters. The predicted molar refractivity (Wildman–Crippen MR) is 19.2 cm³/mol. The molecule has 0 fully saturated rings. The van der Waals surface area contributed by atoms with E-state index in [4.69, 9.17) is 0 Å². The topological polar surface area (TPSA) is 36.9 Å². The van der Waals surface area contributed by atoms with Gasteiger partial charge in [-0.15, -0.1) is 4.33 Å². The van der Waals surface area contributed by atoms with E-state index in [1.807, 2.05) is 0 Å². The number of hydrogen-bond donors (Lipinski definition) is 1.